The summed E-state index contributed by atoms with van der Waals surface area (Å²) in [5, 5.41) is 6.24. The van der Waals surface area contributed by atoms with Crippen LogP contribution in [0.15, 0.2) is 0 Å². The maximum atomic E-state index is 11.7. The van der Waals surface area contributed by atoms with Gasteiger partial charge in [-0.05, 0) is 48.0 Å². The monoisotopic (exact) mass is 271 g/mol. The van der Waals surface area contributed by atoms with Gasteiger partial charge in [0.25, 0.3) is 0 Å². The molecule has 0 aromatic rings. The number of carbonyl (C=O) groups is 1. The molecule has 19 heavy (non-hydrogen) atoms. The van der Waals surface area contributed by atoms with Crippen molar-refractivity contribution in [3.8, 4) is 0 Å². The van der Waals surface area contributed by atoms with E-state index in [1.54, 1.807) is 0 Å². The number of hydrogen-bond donors (Lipinski definition) is 2. The molecule has 0 heterocycles. The van der Waals surface area contributed by atoms with Gasteiger partial charge in [-0.15, -0.1) is 0 Å². The molecule has 0 rings (SSSR count). The standard InChI is InChI=1S/C15H33N3O/c1-8-15(6,7)17-14(19)11-16-9-10-18(12(2)3)13(4)5/h12-13,16H,8-11H2,1-7H3,(H,17,19). The van der Waals surface area contributed by atoms with Crippen molar-refractivity contribution >= 4 is 5.91 Å². The minimum atomic E-state index is -0.110. The molecule has 0 saturated heterocycles. The molecule has 0 unspecified atom stereocenters. The third-order valence-electron chi connectivity index (χ3n) is 3.52. The molecule has 0 aliphatic rings. The Hall–Kier alpha value is -0.610. The summed E-state index contributed by atoms with van der Waals surface area (Å²) < 4.78 is 0. The Labute approximate surface area is 119 Å². The molecule has 0 fully saturated rings. The fourth-order valence-electron chi connectivity index (χ4n) is 2.03. The molecule has 4 nitrogen and oxygen atoms in total. The zero-order chi connectivity index (χ0) is 15.1. The molecule has 0 aromatic carbocycles. The average Bonchev–Trinajstić information content (AvgIpc) is 2.27. The molecular weight excluding hydrogens is 238 g/mol. The van der Waals surface area contributed by atoms with Crippen LogP contribution < -0.4 is 10.6 Å². The highest BCUT2D eigenvalue weighted by Crippen LogP contribution is 2.06. The highest BCUT2D eigenvalue weighted by Gasteiger charge is 2.17. The van der Waals surface area contributed by atoms with Crippen molar-refractivity contribution in [1.82, 2.24) is 15.5 Å². The van der Waals surface area contributed by atoms with Crippen LogP contribution in [0.3, 0.4) is 0 Å². The Balaban J connectivity index is 3.88. The highest BCUT2D eigenvalue weighted by atomic mass is 16.2. The van der Waals surface area contributed by atoms with Crippen LogP contribution in [0.25, 0.3) is 0 Å². The van der Waals surface area contributed by atoms with Gasteiger partial charge in [0.05, 0.1) is 6.54 Å². The summed E-state index contributed by atoms with van der Waals surface area (Å²) in [5.41, 5.74) is -0.110. The lowest BCUT2D eigenvalue weighted by atomic mass is 10.0. The molecule has 0 bridgehead atoms. The van der Waals surface area contributed by atoms with Crippen LogP contribution in [-0.2, 0) is 4.79 Å². The summed E-state index contributed by atoms with van der Waals surface area (Å²) in [4.78, 5) is 14.2. The minimum Gasteiger partial charge on any atom is -0.350 e. The summed E-state index contributed by atoms with van der Waals surface area (Å²) >= 11 is 0. The molecular formula is C15H33N3O. The predicted octanol–water partition coefficient (Wildman–Crippen LogP) is 2.00. The molecule has 0 aliphatic carbocycles. The smallest absolute Gasteiger partial charge is 0.234 e. The minimum absolute atomic E-state index is 0.0764. The number of amides is 1. The van der Waals surface area contributed by atoms with E-state index < -0.39 is 0 Å². The van der Waals surface area contributed by atoms with Crippen molar-refractivity contribution in [2.45, 2.75) is 72.5 Å². The molecule has 0 atom stereocenters. The lowest BCUT2D eigenvalue weighted by Gasteiger charge is -2.30. The van der Waals surface area contributed by atoms with Gasteiger partial charge in [-0.25, -0.2) is 0 Å². The Morgan fingerprint density at radius 1 is 1.16 bits per heavy atom. The van der Waals surface area contributed by atoms with Crippen molar-refractivity contribution in [1.29, 1.82) is 0 Å². The van der Waals surface area contributed by atoms with Crippen LogP contribution >= 0.6 is 0 Å². The molecule has 0 saturated carbocycles. The van der Waals surface area contributed by atoms with Gasteiger partial charge in [0.15, 0.2) is 0 Å². The van der Waals surface area contributed by atoms with E-state index in [2.05, 4.69) is 50.2 Å². The number of rotatable bonds is 9. The Morgan fingerprint density at radius 2 is 1.68 bits per heavy atom. The van der Waals surface area contributed by atoms with Gasteiger partial charge >= 0.3 is 0 Å². The first-order valence-corrected chi connectivity index (χ1v) is 7.47. The zero-order valence-corrected chi connectivity index (χ0v) is 13.8. The Morgan fingerprint density at radius 3 is 2.11 bits per heavy atom. The number of hydrogen-bond acceptors (Lipinski definition) is 3. The first-order chi connectivity index (χ1) is 8.69. The van der Waals surface area contributed by atoms with Crippen LogP contribution in [-0.4, -0.2) is 48.1 Å². The average molecular weight is 271 g/mol. The van der Waals surface area contributed by atoms with Crippen molar-refractivity contribution in [2.75, 3.05) is 19.6 Å². The van der Waals surface area contributed by atoms with Gasteiger partial charge in [-0.2, -0.15) is 0 Å². The Kier molecular flexibility index (Phi) is 8.26. The fraction of sp³-hybridized carbons (Fsp3) is 0.933. The van der Waals surface area contributed by atoms with Crippen LogP contribution in [0.2, 0.25) is 0 Å². The molecule has 0 aromatic heterocycles. The van der Waals surface area contributed by atoms with Crippen LogP contribution in [0.5, 0.6) is 0 Å². The van der Waals surface area contributed by atoms with Crippen molar-refractivity contribution in [3.05, 3.63) is 0 Å². The zero-order valence-electron chi connectivity index (χ0n) is 13.8. The third-order valence-corrected chi connectivity index (χ3v) is 3.52. The topological polar surface area (TPSA) is 44.4 Å². The lowest BCUT2D eigenvalue weighted by molar-refractivity contribution is -0.121. The first kappa shape index (κ1) is 18.4. The predicted molar refractivity (Wildman–Crippen MR) is 82.4 cm³/mol. The molecule has 4 heteroatoms. The molecule has 1 amide bonds. The molecule has 0 radical (unpaired) electrons. The maximum Gasteiger partial charge on any atom is 0.234 e. The molecule has 2 N–H and O–H groups in total. The Bertz CT molecular complexity index is 254. The largest absolute Gasteiger partial charge is 0.350 e. The van der Waals surface area contributed by atoms with Gasteiger partial charge in [-0.3, -0.25) is 9.69 Å². The first-order valence-electron chi connectivity index (χ1n) is 7.47. The van der Waals surface area contributed by atoms with Gasteiger partial charge < -0.3 is 10.6 Å². The van der Waals surface area contributed by atoms with Crippen LogP contribution in [0, 0.1) is 0 Å². The van der Waals surface area contributed by atoms with E-state index in [9.17, 15) is 4.79 Å². The van der Waals surface area contributed by atoms with E-state index in [1.807, 2.05) is 13.8 Å². The SMILES string of the molecule is CCC(C)(C)NC(=O)CNCCN(C(C)C)C(C)C. The molecule has 114 valence electrons. The number of nitrogens with one attached hydrogen (secondary N) is 2. The second kappa shape index (κ2) is 8.54. The van der Waals surface area contributed by atoms with Gasteiger partial charge in [0.2, 0.25) is 5.91 Å². The fourth-order valence-corrected chi connectivity index (χ4v) is 2.03. The third kappa shape index (κ3) is 8.22. The molecule has 0 spiro atoms. The summed E-state index contributed by atoms with van der Waals surface area (Å²) in [7, 11) is 0. The van der Waals surface area contributed by atoms with E-state index >= 15 is 0 Å². The highest BCUT2D eigenvalue weighted by molar-refractivity contribution is 5.78. The maximum absolute atomic E-state index is 11.7. The summed E-state index contributed by atoms with van der Waals surface area (Å²) in [6.45, 7) is 17.2. The second-order valence-electron chi connectivity index (χ2n) is 6.39. The number of nitrogens with zero attached hydrogens (tertiary/aromatic N) is 1. The second-order valence-corrected chi connectivity index (χ2v) is 6.39. The van der Waals surface area contributed by atoms with E-state index in [0.717, 1.165) is 19.5 Å². The normalized spacial score (nSPS) is 12.5. The lowest BCUT2D eigenvalue weighted by Crippen LogP contribution is -2.48. The van der Waals surface area contributed by atoms with E-state index in [-0.39, 0.29) is 11.4 Å². The molecule has 0 aliphatic heterocycles. The summed E-state index contributed by atoms with van der Waals surface area (Å²) in [6.07, 6.45) is 0.938. The van der Waals surface area contributed by atoms with E-state index in [4.69, 9.17) is 0 Å². The number of carbonyl (C=O) groups excluding carboxylic acids is 1. The van der Waals surface area contributed by atoms with E-state index in [0.29, 0.717) is 18.6 Å². The quantitative estimate of drug-likeness (QED) is 0.631. The summed E-state index contributed by atoms with van der Waals surface area (Å²) in [6, 6.07) is 1.07. The van der Waals surface area contributed by atoms with Crippen molar-refractivity contribution in [2.24, 2.45) is 0 Å². The van der Waals surface area contributed by atoms with Crippen LogP contribution in [0.4, 0.5) is 0 Å². The van der Waals surface area contributed by atoms with Gasteiger partial charge in [0.1, 0.15) is 0 Å². The van der Waals surface area contributed by atoms with Gasteiger partial charge in [0, 0.05) is 30.7 Å². The van der Waals surface area contributed by atoms with Gasteiger partial charge in [-0.1, -0.05) is 6.92 Å². The van der Waals surface area contributed by atoms with Crippen LogP contribution in [0.1, 0.15) is 54.9 Å². The van der Waals surface area contributed by atoms with Crippen molar-refractivity contribution in [3.63, 3.8) is 0 Å². The van der Waals surface area contributed by atoms with Crippen molar-refractivity contribution < 1.29 is 4.79 Å². The summed E-state index contributed by atoms with van der Waals surface area (Å²) in [5.74, 6) is 0.0764. The van der Waals surface area contributed by atoms with E-state index in [1.165, 1.54) is 0 Å².